The molecule has 2 rings (SSSR count). The lowest BCUT2D eigenvalue weighted by Gasteiger charge is -2.03. The fourth-order valence-corrected chi connectivity index (χ4v) is 1.11. The zero-order valence-electron chi connectivity index (χ0n) is 7.68. The van der Waals surface area contributed by atoms with Gasteiger partial charge >= 0.3 is 0 Å². The number of ether oxygens (including phenoxy) is 1. The van der Waals surface area contributed by atoms with Gasteiger partial charge in [-0.15, -0.1) is 0 Å². The summed E-state index contributed by atoms with van der Waals surface area (Å²) in [7, 11) is 0. The van der Waals surface area contributed by atoms with Crippen LogP contribution in [0.15, 0.2) is 48.7 Å². The van der Waals surface area contributed by atoms with Crippen molar-refractivity contribution >= 4 is 0 Å². The quantitative estimate of drug-likeness (QED) is 0.731. The van der Waals surface area contributed by atoms with Crippen molar-refractivity contribution in [2.45, 2.75) is 6.61 Å². The molecule has 0 aliphatic carbocycles. The summed E-state index contributed by atoms with van der Waals surface area (Å²) in [4.78, 5) is 4.06. The summed E-state index contributed by atoms with van der Waals surface area (Å²) in [6.45, 7) is 0.547. The predicted octanol–water partition coefficient (Wildman–Crippen LogP) is 2.46. The monoisotopic (exact) mass is 184 g/mol. The average molecular weight is 184 g/mol. The van der Waals surface area contributed by atoms with Crippen molar-refractivity contribution < 1.29 is 4.74 Å². The third kappa shape index (κ3) is 2.33. The number of benzene rings is 1. The van der Waals surface area contributed by atoms with E-state index < -0.39 is 0 Å². The van der Waals surface area contributed by atoms with Gasteiger partial charge in [0.05, 0.1) is 0 Å². The standard InChI is InChI=1S/C12H10NO/c1-2-6-11(7-3-1)10-14-12-8-4-5-9-13-12/h2-9H,10H2. The Morgan fingerprint density at radius 2 is 2.00 bits per heavy atom. The van der Waals surface area contributed by atoms with Crippen LogP contribution in [0, 0.1) is 6.07 Å². The van der Waals surface area contributed by atoms with Crippen LogP contribution in [0.25, 0.3) is 0 Å². The molecular weight excluding hydrogens is 174 g/mol. The van der Waals surface area contributed by atoms with Gasteiger partial charge in [-0.25, -0.2) is 4.98 Å². The molecular formula is C12H10NO. The number of hydrogen-bond acceptors (Lipinski definition) is 2. The zero-order chi connectivity index (χ0) is 9.64. The van der Waals surface area contributed by atoms with Gasteiger partial charge < -0.3 is 4.74 Å². The Labute approximate surface area is 83.2 Å². The van der Waals surface area contributed by atoms with E-state index >= 15 is 0 Å². The third-order valence-electron chi connectivity index (χ3n) is 1.81. The van der Waals surface area contributed by atoms with Gasteiger partial charge in [0, 0.05) is 12.3 Å². The summed E-state index contributed by atoms with van der Waals surface area (Å²) in [6.07, 6.45) is 1.72. The van der Waals surface area contributed by atoms with Crippen LogP contribution in [0.2, 0.25) is 0 Å². The number of nitrogens with zero attached hydrogens (tertiary/aromatic N) is 1. The molecule has 0 aliphatic heterocycles. The van der Waals surface area contributed by atoms with Gasteiger partial charge in [-0.05, 0) is 17.7 Å². The second kappa shape index (κ2) is 4.42. The van der Waals surface area contributed by atoms with Crippen molar-refractivity contribution in [3.63, 3.8) is 0 Å². The van der Waals surface area contributed by atoms with E-state index in [1.54, 1.807) is 6.20 Å². The van der Waals surface area contributed by atoms with Crippen LogP contribution in [0.5, 0.6) is 5.88 Å². The first-order chi connectivity index (χ1) is 6.95. The number of hydrogen-bond donors (Lipinski definition) is 0. The second-order valence-electron chi connectivity index (χ2n) is 2.86. The topological polar surface area (TPSA) is 22.1 Å². The van der Waals surface area contributed by atoms with Crippen LogP contribution in [-0.2, 0) is 6.61 Å². The Bertz CT molecular complexity index is 333. The van der Waals surface area contributed by atoms with Crippen LogP contribution in [0.3, 0.4) is 0 Å². The first kappa shape index (κ1) is 8.75. The molecule has 2 nitrogen and oxygen atoms in total. The van der Waals surface area contributed by atoms with Crippen LogP contribution in [0.1, 0.15) is 5.56 Å². The molecule has 0 aliphatic rings. The molecule has 0 N–H and O–H groups in total. The average Bonchev–Trinajstić information content (AvgIpc) is 2.29. The molecule has 1 aromatic heterocycles. The third-order valence-corrected chi connectivity index (χ3v) is 1.81. The maximum atomic E-state index is 5.47. The molecule has 14 heavy (non-hydrogen) atoms. The predicted molar refractivity (Wildman–Crippen MR) is 53.8 cm³/mol. The van der Waals surface area contributed by atoms with Gasteiger partial charge in [0.15, 0.2) is 0 Å². The van der Waals surface area contributed by atoms with Gasteiger partial charge in [0.1, 0.15) is 6.61 Å². The van der Waals surface area contributed by atoms with Gasteiger partial charge in [-0.2, -0.15) is 0 Å². The largest absolute Gasteiger partial charge is 0.473 e. The fraction of sp³-hybridized carbons (Fsp3) is 0.0833. The van der Waals surface area contributed by atoms with Crippen LogP contribution < -0.4 is 4.74 Å². The number of aromatic nitrogens is 1. The Balaban J connectivity index is 1.96. The lowest BCUT2D eigenvalue weighted by molar-refractivity contribution is 0.294. The van der Waals surface area contributed by atoms with Crippen molar-refractivity contribution in [3.8, 4) is 5.88 Å². The highest BCUT2D eigenvalue weighted by molar-refractivity contribution is 5.15. The summed E-state index contributed by atoms with van der Waals surface area (Å²) in [5.74, 6) is 0.653. The van der Waals surface area contributed by atoms with E-state index in [2.05, 4.69) is 11.1 Å². The Morgan fingerprint density at radius 1 is 1.14 bits per heavy atom. The Morgan fingerprint density at radius 3 is 2.71 bits per heavy atom. The molecule has 0 saturated heterocycles. The van der Waals surface area contributed by atoms with Crippen LogP contribution in [0.4, 0.5) is 0 Å². The molecule has 1 radical (unpaired) electrons. The number of rotatable bonds is 3. The van der Waals surface area contributed by atoms with E-state index in [4.69, 9.17) is 4.74 Å². The molecule has 0 bridgehead atoms. The molecule has 2 heteroatoms. The smallest absolute Gasteiger partial charge is 0.213 e. The molecule has 2 aromatic rings. The molecule has 0 unspecified atom stereocenters. The minimum atomic E-state index is 0.547. The molecule has 69 valence electrons. The van der Waals surface area contributed by atoms with Crippen molar-refractivity contribution in [2.24, 2.45) is 0 Å². The van der Waals surface area contributed by atoms with Crippen molar-refractivity contribution in [1.82, 2.24) is 4.98 Å². The Kier molecular flexibility index (Phi) is 2.76. The Hall–Kier alpha value is -1.83. The van der Waals surface area contributed by atoms with Gasteiger partial charge in [0.25, 0.3) is 0 Å². The maximum Gasteiger partial charge on any atom is 0.213 e. The van der Waals surface area contributed by atoms with Crippen molar-refractivity contribution in [1.29, 1.82) is 0 Å². The highest BCUT2D eigenvalue weighted by atomic mass is 16.5. The minimum absolute atomic E-state index is 0.547. The molecule has 1 heterocycles. The molecule has 1 aromatic carbocycles. The van der Waals surface area contributed by atoms with E-state index in [9.17, 15) is 0 Å². The number of pyridine rings is 1. The SMILES string of the molecule is [c]1ccc(COc2ccccn2)cc1. The highest BCUT2D eigenvalue weighted by Gasteiger charge is 1.94. The second-order valence-corrected chi connectivity index (χ2v) is 2.86. The van der Waals surface area contributed by atoms with Gasteiger partial charge in [0.2, 0.25) is 5.88 Å². The normalized spacial score (nSPS) is 9.71. The lowest BCUT2D eigenvalue weighted by atomic mass is 10.2. The van der Waals surface area contributed by atoms with Gasteiger partial charge in [-0.1, -0.05) is 30.3 Å². The molecule has 0 saturated carbocycles. The lowest BCUT2D eigenvalue weighted by Crippen LogP contribution is -1.96. The molecule has 0 amide bonds. The van der Waals surface area contributed by atoms with Crippen molar-refractivity contribution in [3.05, 3.63) is 60.3 Å². The first-order valence-electron chi connectivity index (χ1n) is 4.44. The summed E-state index contributed by atoms with van der Waals surface area (Å²) in [5.41, 5.74) is 1.12. The summed E-state index contributed by atoms with van der Waals surface area (Å²) >= 11 is 0. The zero-order valence-corrected chi connectivity index (χ0v) is 7.68. The maximum absolute atomic E-state index is 5.47. The van der Waals surface area contributed by atoms with E-state index in [-0.39, 0.29) is 0 Å². The minimum Gasteiger partial charge on any atom is -0.473 e. The highest BCUT2D eigenvalue weighted by Crippen LogP contribution is 2.07. The summed E-state index contributed by atoms with van der Waals surface area (Å²) < 4.78 is 5.47. The molecule has 0 atom stereocenters. The summed E-state index contributed by atoms with van der Waals surface area (Å²) in [6, 6.07) is 16.3. The van der Waals surface area contributed by atoms with Crippen LogP contribution in [-0.4, -0.2) is 4.98 Å². The van der Waals surface area contributed by atoms with Crippen LogP contribution >= 0.6 is 0 Å². The van der Waals surface area contributed by atoms with E-state index in [0.717, 1.165) is 5.56 Å². The fourth-order valence-electron chi connectivity index (χ4n) is 1.11. The van der Waals surface area contributed by atoms with E-state index in [0.29, 0.717) is 12.5 Å². The van der Waals surface area contributed by atoms with Crippen molar-refractivity contribution in [2.75, 3.05) is 0 Å². The van der Waals surface area contributed by atoms with E-state index in [1.165, 1.54) is 0 Å². The van der Waals surface area contributed by atoms with Gasteiger partial charge in [-0.3, -0.25) is 0 Å². The molecule has 0 spiro atoms. The van der Waals surface area contributed by atoms with E-state index in [1.807, 2.05) is 42.5 Å². The first-order valence-corrected chi connectivity index (χ1v) is 4.44. The molecule has 0 fully saturated rings. The summed E-state index contributed by atoms with van der Waals surface area (Å²) in [5, 5.41) is 0.